The molecule has 0 unspecified atom stereocenters. The molecule has 3 nitrogen and oxygen atoms in total. The molecule has 0 radical (unpaired) electrons. The number of halogens is 3. The van der Waals surface area contributed by atoms with Crippen LogP contribution >= 0.6 is 0 Å². The van der Waals surface area contributed by atoms with Crippen molar-refractivity contribution in [2.24, 2.45) is 5.92 Å². The van der Waals surface area contributed by atoms with Gasteiger partial charge in [0.25, 0.3) is 5.91 Å². The number of quaternary nitrogens is 1. The van der Waals surface area contributed by atoms with Gasteiger partial charge in [-0.05, 0) is 37.8 Å². The zero-order valence-corrected chi connectivity index (χ0v) is 12.2. The first-order valence-electron chi connectivity index (χ1n) is 7.19. The Labute approximate surface area is 122 Å². The fourth-order valence-electron chi connectivity index (χ4n) is 2.61. The number of rotatable bonds is 3. The van der Waals surface area contributed by atoms with Gasteiger partial charge in [0.2, 0.25) is 0 Å². The third kappa shape index (κ3) is 3.56. The second-order valence-corrected chi connectivity index (χ2v) is 5.77. The Hall–Kier alpha value is -1.56. The third-order valence-corrected chi connectivity index (χ3v) is 4.22. The van der Waals surface area contributed by atoms with Crippen molar-refractivity contribution in [1.29, 1.82) is 0 Å². The van der Waals surface area contributed by atoms with Crippen molar-refractivity contribution in [1.82, 2.24) is 0 Å². The van der Waals surface area contributed by atoms with E-state index >= 15 is 0 Å². The molecule has 1 heterocycles. The van der Waals surface area contributed by atoms with Gasteiger partial charge in [-0.2, -0.15) is 0 Å². The van der Waals surface area contributed by atoms with Crippen LogP contribution in [0.15, 0.2) is 12.1 Å². The summed E-state index contributed by atoms with van der Waals surface area (Å²) in [5, 5.41) is 2.35. The molecule has 0 aromatic heterocycles. The topological polar surface area (TPSA) is 33.5 Å². The summed E-state index contributed by atoms with van der Waals surface area (Å²) >= 11 is 0. The number of carbonyl (C=O) groups excluding carboxylic acids is 1. The Morgan fingerprint density at radius 2 is 1.86 bits per heavy atom. The minimum Gasteiger partial charge on any atom is -0.325 e. The summed E-state index contributed by atoms with van der Waals surface area (Å²) in [5.41, 5.74) is -0.324. The predicted molar refractivity (Wildman–Crippen MR) is 73.5 cm³/mol. The van der Waals surface area contributed by atoms with Crippen LogP contribution in [-0.4, -0.2) is 25.0 Å². The summed E-state index contributed by atoms with van der Waals surface area (Å²) in [5.74, 6) is -3.93. The Kier molecular flexibility index (Phi) is 4.88. The van der Waals surface area contributed by atoms with Gasteiger partial charge in [-0.25, -0.2) is 13.2 Å². The van der Waals surface area contributed by atoms with E-state index in [1.807, 2.05) is 0 Å². The monoisotopic (exact) mass is 301 g/mol. The van der Waals surface area contributed by atoms with Crippen molar-refractivity contribution in [2.45, 2.75) is 32.7 Å². The van der Waals surface area contributed by atoms with Gasteiger partial charge >= 0.3 is 0 Å². The fourth-order valence-corrected chi connectivity index (χ4v) is 2.61. The lowest BCUT2D eigenvalue weighted by Crippen LogP contribution is -3.17. The highest BCUT2D eigenvalue weighted by molar-refractivity contribution is 5.93. The molecule has 2 N–H and O–H groups in total. The number of hydrogen-bond donors (Lipinski definition) is 2. The molecule has 1 aromatic carbocycles. The van der Waals surface area contributed by atoms with Gasteiger partial charge in [-0.3, -0.25) is 4.79 Å². The highest BCUT2D eigenvalue weighted by atomic mass is 19.2. The van der Waals surface area contributed by atoms with E-state index in [1.54, 1.807) is 6.92 Å². The summed E-state index contributed by atoms with van der Waals surface area (Å²) in [6, 6.07) is 1.48. The molecular weight excluding hydrogens is 281 g/mol. The lowest BCUT2D eigenvalue weighted by molar-refractivity contribution is -0.919. The van der Waals surface area contributed by atoms with E-state index in [-0.39, 0.29) is 17.6 Å². The van der Waals surface area contributed by atoms with Crippen LogP contribution in [0.5, 0.6) is 0 Å². The van der Waals surface area contributed by atoms with Crippen LogP contribution in [0.3, 0.4) is 0 Å². The Balaban J connectivity index is 2.02. The molecule has 1 atom stereocenters. The first-order chi connectivity index (χ1) is 9.90. The maximum absolute atomic E-state index is 13.5. The van der Waals surface area contributed by atoms with Crippen LogP contribution in [0.4, 0.5) is 18.9 Å². The van der Waals surface area contributed by atoms with Gasteiger partial charge in [-0.1, -0.05) is 6.92 Å². The zero-order valence-electron chi connectivity index (χ0n) is 12.2. The molecule has 0 bridgehead atoms. The smallest absolute Gasteiger partial charge is 0.282 e. The van der Waals surface area contributed by atoms with Gasteiger partial charge < -0.3 is 10.2 Å². The van der Waals surface area contributed by atoms with Crippen molar-refractivity contribution in [3.05, 3.63) is 29.6 Å². The van der Waals surface area contributed by atoms with Crippen molar-refractivity contribution >= 4 is 11.6 Å². The molecule has 116 valence electrons. The average molecular weight is 301 g/mol. The zero-order chi connectivity index (χ0) is 15.6. The quantitative estimate of drug-likeness (QED) is 0.819. The van der Waals surface area contributed by atoms with Crippen LogP contribution in [0.1, 0.15) is 26.7 Å². The van der Waals surface area contributed by atoms with Crippen LogP contribution in [0, 0.1) is 23.4 Å². The molecule has 1 amide bonds. The third-order valence-electron chi connectivity index (χ3n) is 4.22. The standard InChI is InChI=1S/C15H19F3N2O/c1-9-5-7-20(8-6-9)10(2)15(21)19-12-4-3-11(16)13(17)14(12)18/h3-4,9-10H,5-8H2,1-2H3,(H,19,21)/p+1/t10-/m1/s1. The van der Waals surface area contributed by atoms with E-state index in [4.69, 9.17) is 0 Å². The molecule has 6 heteroatoms. The van der Waals surface area contributed by atoms with E-state index in [0.29, 0.717) is 5.92 Å². The van der Waals surface area contributed by atoms with Gasteiger partial charge in [-0.15, -0.1) is 0 Å². The molecule has 1 aromatic rings. The van der Waals surface area contributed by atoms with E-state index in [1.165, 1.54) is 0 Å². The number of hydrogen-bond acceptors (Lipinski definition) is 1. The normalized spacial score (nSPS) is 23.7. The second kappa shape index (κ2) is 6.47. The molecular formula is C15H20F3N2O+. The molecule has 1 fully saturated rings. The van der Waals surface area contributed by atoms with Gasteiger partial charge in [0.1, 0.15) is 0 Å². The van der Waals surface area contributed by atoms with E-state index < -0.39 is 17.5 Å². The van der Waals surface area contributed by atoms with Crippen molar-refractivity contribution < 1.29 is 22.9 Å². The average Bonchev–Trinajstić information content (AvgIpc) is 2.48. The molecule has 21 heavy (non-hydrogen) atoms. The molecule has 0 spiro atoms. The SMILES string of the molecule is CC1CC[NH+]([C@H](C)C(=O)Nc2ccc(F)c(F)c2F)CC1. The van der Waals surface area contributed by atoms with Crippen molar-refractivity contribution in [2.75, 3.05) is 18.4 Å². The van der Waals surface area contributed by atoms with Crippen LogP contribution in [-0.2, 0) is 4.79 Å². The lowest BCUT2D eigenvalue weighted by atomic mass is 9.98. The maximum Gasteiger partial charge on any atom is 0.282 e. The molecule has 1 saturated heterocycles. The highest BCUT2D eigenvalue weighted by Crippen LogP contribution is 2.19. The summed E-state index contributed by atoms with van der Waals surface area (Å²) in [7, 11) is 0. The van der Waals surface area contributed by atoms with Gasteiger partial charge in [0.05, 0.1) is 18.8 Å². The molecule has 1 aliphatic heterocycles. The number of amides is 1. The van der Waals surface area contributed by atoms with E-state index in [9.17, 15) is 18.0 Å². The number of anilines is 1. The number of piperidine rings is 1. The number of carbonyl (C=O) groups is 1. The van der Waals surface area contributed by atoms with Gasteiger partial charge in [0.15, 0.2) is 23.5 Å². The van der Waals surface area contributed by atoms with E-state index in [2.05, 4.69) is 12.2 Å². The maximum atomic E-state index is 13.5. The summed E-state index contributed by atoms with van der Waals surface area (Å²) in [6.07, 6.45) is 2.10. The highest BCUT2D eigenvalue weighted by Gasteiger charge is 2.29. The number of nitrogens with one attached hydrogen (secondary N) is 2. The van der Waals surface area contributed by atoms with Crippen LogP contribution in [0.2, 0.25) is 0 Å². The minimum absolute atomic E-state index is 0.324. The number of benzene rings is 1. The molecule has 1 aliphatic rings. The van der Waals surface area contributed by atoms with E-state index in [0.717, 1.165) is 43.0 Å². The Morgan fingerprint density at radius 1 is 1.24 bits per heavy atom. The van der Waals surface area contributed by atoms with Crippen molar-refractivity contribution in [3.8, 4) is 0 Å². The predicted octanol–water partition coefficient (Wildman–Crippen LogP) is 1.75. The first-order valence-corrected chi connectivity index (χ1v) is 7.19. The largest absolute Gasteiger partial charge is 0.325 e. The van der Waals surface area contributed by atoms with Crippen molar-refractivity contribution in [3.63, 3.8) is 0 Å². The summed E-state index contributed by atoms with van der Waals surface area (Å²) < 4.78 is 39.5. The first kappa shape index (κ1) is 15.8. The molecule has 0 aliphatic carbocycles. The number of likely N-dealkylation sites (tertiary alicyclic amines) is 1. The summed E-state index contributed by atoms with van der Waals surface area (Å²) in [4.78, 5) is 13.3. The van der Waals surface area contributed by atoms with Crippen LogP contribution < -0.4 is 10.2 Å². The second-order valence-electron chi connectivity index (χ2n) is 5.77. The van der Waals surface area contributed by atoms with Crippen LogP contribution in [0.25, 0.3) is 0 Å². The lowest BCUT2D eigenvalue weighted by Gasteiger charge is -2.31. The summed E-state index contributed by atoms with van der Waals surface area (Å²) in [6.45, 7) is 5.71. The van der Waals surface area contributed by atoms with Gasteiger partial charge in [0, 0.05) is 0 Å². The fraction of sp³-hybridized carbons (Fsp3) is 0.533. The minimum atomic E-state index is -1.57. The Morgan fingerprint density at radius 3 is 2.48 bits per heavy atom. The Bertz CT molecular complexity index is 528. The molecule has 0 saturated carbocycles. The molecule has 2 rings (SSSR count).